The molecule has 5 heteroatoms. The van der Waals surface area contributed by atoms with Gasteiger partial charge in [0.1, 0.15) is 0 Å². The number of carbonyl (C=O) groups is 2. The standard InChI is InChI=1S/C12H21N3O2/c1-14(11(16)8-10-2-3-10)9-12(17)15-6-4-13-5-7-15/h10,13H,2-9H2,1H3. The van der Waals surface area contributed by atoms with E-state index in [0.717, 1.165) is 26.2 Å². The summed E-state index contributed by atoms with van der Waals surface area (Å²) in [6.45, 7) is 3.44. The van der Waals surface area contributed by atoms with Gasteiger partial charge in [-0.15, -0.1) is 0 Å². The van der Waals surface area contributed by atoms with Crippen molar-refractivity contribution in [2.45, 2.75) is 19.3 Å². The first-order valence-corrected chi connectivity index (χ1v) is 6.39. The normalized spacial score (nSPS) is 20.2. The number of carbonyl (C=O) groups excluding carboxylic acids is 2. The molecule has 1 heterocycles. The second-order valence-corrected chi connectivity index (χ2v) is 5.03. The van der Waals surface area contributed by atoms with Crippen molar-refractivity contribution >= 4 is 11.8 Å². The van der Waals surface area contributed by atoms with Gasteiger partial charge in [0.05, 0.1) is 6.54 Å². The third-order valence-electron chi connectivity index (χ3n) is 3.43. The summed E-state index contributed by atoms with van der Waals surface area (Å²) in [4.78, 5) is 27.1. The monoisotopic (exact) mass is 239 g/mol. The SMILES string of the molecule is CN(CC(=O)N1CCNCC1)C(=O)CC1CC1. The summed E-state index contributed by atoms with van der Waals surface area (Å²) >= 11 is 0. The molecule has 0 aromatic heterocycles. The number of nitrogens with zero attached hydrogens (tertiary/aromatic N) is 2. The molecule has 5 nitrogen and oxygen atoms in total. The molecule has 1 aliphatic carbocycles. The number of amides is 2. The highest BCUT2D eigenvalue weighted by Gasteiger charge is 2.27. The van der Waals surface area contributed by atoms with Gasteiger partial charge < -0.3 is 15.1 Å². The molecule has 0 radical (unpaired) electrons. The molecule has 0 aromatic rings. The van der Waals surface area contributed by atoms with E-state index in [1.807, 2.05) is 4.90 Å². The molecule has 0 atom stereocenters. The Labute approximate surface area is 102 Å². The van der Waals surface area contributed by atoms with Crippen molar-refractivity contribution in [3.8, 4) is 0 Å². The molecule has 1 N–H and O–H groups in total. The van der Waals surface area contributed by atoms with Crippen LogP contribution in [0, 0.1) is 5.92 Å². The summed E-state index contributed by atoms with van der Waals surface area (Å²) in [6, 6.07) is 0. The number of hydrogen-bond acceptors (Lipinski definition) is 3. The molecule has 2 aliphatic rings. The minimum atomic E-state index is 0.0677. The molecule has 2 fully saturated rings. The minimum absolute atomic E-state index is 0.0677. The Hall–Kier alpha value is -1.10. The zero-order valence-corrected chi connectivity index (χ0v) is 10.4. The van der Waals surface area contributed by atoms with Gasteiger partial charge in [-0.2, -0.15) is 0 Å². The molecular formula is C12H21N3O2. The second kappa shape index (κ2) is 5.49. The van der Waals surface area contributed by atoms with E-state index < -0.39 is 0 Å². The van der Waals surface area contributed by atoms with Crippen LogP contribution in [0.2, 0.25) is 0 Å². The Balaban J connectivity index is 1.73. The van der Waals surface area contributed by atoms with Crippen molar-refractivity contribution in [3.63, 3.8) is 0 Å². The molecule has 17 heavy (non-hydrogen) atoms. The van der Waals surface area contributed by atoms with Gasteiger partial charge in [0, 0.05) is 39.6 Å². The van der Waals surface area contributed by atoms with Crippen LogP contribution >= 0.6 is 0 Å². The van der Waals surface area contributed by atoms with Crippen LogP contribution in [0.4, 0.5) is 0 Å². The highest BCUT2D eigenvalue weighted by atomic mass is 16.2. The lowest BCUT2D eigenvalue weighted by Crippen LogP contribution is -2.49. The quantitative estimate of drug-likeness (QED) is 0.731. The molecule has 1 saturated heterocycles. The van der Waals surface area contributed by atoms with Gasteiger partial charge in [0.25, 0.3) is 0 Å². The number of piperazine rings is 1. The summed E-state index contributed by atoms with van der Waals surface area (Å²) in [5.74, 6) is 0.758. The van der Waals surface area contributed by atoms with Gasteiger partial charge in [-0.1, -0.05) is 0 Å². The lowest BCUT2D eigenvalue weighted by atomic mass is 10.2. The van der Waals surface area contributed by atoms with E-state index >= 15 is 0 Å². The largest absolute Gasteiger partial charge is 0.339 e. The molecule has 0 bridgehead atoms. The Morgan fingerprint density at radius 1 is 1.29 bits per heavy atom. The van der Waals surface area contributed by atoms with Crippen LogP contribution in [-0.2, 0) is 9.59 Å². The summed E-state index contributed by atoms with van der Waals surface area (Å²) in [7, 11) is 1.73. The van der Waals surface area contributed by atoms with Gasteiger partial charge in [0.2, 0.25) is 11.8 Å². The molecule has 96 valence electrons. The Kier molecular flexibility index (Phi) is 3.99. The van der Waals surface area contributed by atoms with E-state index in [9.17, 15) is 9.59 Å². The first-order chi connectivity index (χ1) is 8.16. The molecule has 2 rings (SSSR count). The molecule has 1 saturated carbocycles. The minimum Gasteiger partial charge on any atom is -0.339 e. The lowest BCUT2D eigenvalue weighted by molar-refractivity contribution is -0.139. The van der Waals surface area contributed by atoms with Gasteiger partial charge >= 0.3 is 0 Å². The molecule has 2 amide bonds. The van der Waals surface area contributed by atoms with Gasteiger partial charge in [0.15, 0.2) is 0 Å². The zero-order valence-electron chi connectivity index (χ0n) is 10.4. The van der Waals surface area contributed by atoms with E-state index in [-0.39, 0.29) is 18.4 Å². The average molecular weight is 239 g/mol. The second-order valence-electron chi connectivity index (χ2n) is 5.03. The zero-order chi connectivity index (χ0) is 12.3. The van der Waals surface area contributed by atoms with Gasteiger partial charge in [-0.3, -0.25) is 9.59 Å². The average Bonchev–Trinajstić information content (AvgIpc) is 3.14. The fraction of sp³-hybridized carbons (Fsp3) is 0.833. The van der Waals surface area contributed by atoms with Crippen LogP contribution in [0.5, 0.6) is 0 Å². The predicted molar refractivity (Wildman–Crippen MR) is 64.4 cm³/mol. The van der Waals surface area contributed by atoms with Gasteiger partial charge in [-0.25, -0.2) is 0 Å². The third-order valence-corrected chi connectivity index (χ3v) is 3.43. The fourth-order valence-electron chi connectivity index (χ4n) is 2.03. The smallest absolute Gasteiger partial charge is 0.242 e. The van der Waals surface area contributed by atoms with Crippen molar-refractivity contribution in [1.82, 2.24) is 15.1 Å². The summed E-state index contributed by atoms with van der Waals surface area (Å²) in [5.41, 5.74) is 0. The van der Waals surface area contributed by atoms with Crippen LogP contribution in [0.3, 0.4) is 0 Å². The van der Waals surface area contributed by atoms with E-state index in [4.69, 9.17) is 0 Å². The van der Waals surface area contributed by atoms with Crippen molar-refractivity contribution in [2.75, 3.05) is 39.8 Å². The predicted octanol–water partition coefficient (Wildman–Crippen LogP) is -0.323. The number of nitrogens with one attached hydrogen (secondary N) is 1. The maximum atomic E-state index is 11.9. The first kappa shape index (κ1) is 12.4. The molecule has 0 unspecified atom stereocenters. The lowest BCUT2D eigenvalue weighted by Gasteiger charge is -2.29. The van der Waals surface area contributed by atoms with Crippen LogP contribution in [0.25, 0.3) is 0 Å². The summed E-state index contributed by atoms with van der Waals surface area (Å²) in [5, 5.41) is 3.21. The van der Waals surface area contributed by atoms with E-state index in [1.54, 1.807) is 11.9 Å². The fourth-order valence-corrected chi connectivity index (χ4v) is 2.03. The van der Waals surface area contributed by atoms with Crippen molar-refractivity contribution in [2.24, 2.45) is 5.92 Å². The molecule has 1 aliphatic heterocycles. The van der Waals surface area contributed by atoms with E-state index in [1.165, 1.54) is 12.8 Å². The number of rotatable bonds is 4. The molecular weight excluding hydrogens is 218 g/mol. The van der Waals surface area contributed by atoms with Crippen molar-refractivity contribution < 1.29 is 9.59 Å². The number of hydrogen-bond donors (Lipinski definition) is 1. The topological polar surface area (TPSA) is 52.7 Å². The van der Waals surface area contributed by atoms with Crippen LogP contribution < -0.4 is 5.32 Å². The Bertz CT molecular complexity index is 296. The third kappa shape index (κ3) is 3.70. The highest BCUT2D eigenvalue weighted by molar-refractivity contribution is 5.84. The van der Waals surface area contributed by atoms with Gasteiger partial charge in [-0.05, 0) is 18.8 Å². The van der Waals surface area contributed by atoms with Crippen molar-refractivity contribution in [1.29, 1.82) is 0 Å². The first-order valence-electron chi connectivity index (χ1n) is 6.39. The van der Waals surface area contributed by atoms with E-state index in [2.05, 4.69) is 5.32 Å². The maximum Gasteiger partial charge on any atom is 0.242 e. The van der Waals surface area contributed by atoms with Crippen LogP contribution in [0.15, 0.2) is 0 Å². The summed E-state index contributed by atoms with van der Waals surface area (Å²) in [6.07, 6.45) is 2.96. The Morgan fingerprint density at radius 3 is 2.53 bits per heavy atom. The highest BCUT2D eigenvalue weighted by Crippen LogP contribution is 2.32. The van der Waals surface area contributed by atoms with Crippen LogP contribution in [-0.4, -0.2) is 61.4 Å². The molecule has 0 aromatic carbocycles. The maximum absolute atomic E-state index is 11.9. The number of likely N-dealkylation sites (N-methyl/N-ethyl adjacent to an activating group) is 1. The van der Waals surface area contributed by atoms with Crippen molar-refractivity contribution in [3.05, 3.63) is 0 Å². The summed E-state index contributed by atoms with van der Waals surface area (Å²) < 4.78 is 0. The van der Waals surface area contributed by atoms with E-state index in [0.29, 0.717) is 12.3 Å². The van der Waals surface area contributed by atoms with Crippen LogP contribution in [0.1, 0.15) is 19.3 Å². The Morgan fingerprint density at radius 2 is 1.94 bits per heavy atom. The molecule has 0 spiro atoms.